The minimum Gasteiger partial charge on any atom is -0.459 e. The first-order valence-corrected chi connectivity index (χ1v) is 7.35. The van der Waals surface area contributed by atoms with Crippen molar-refractivity contribution in [2.45, 2.75) is 31.6 Å². The first-order chi connectivity index (χ1) is 8.74. The predicted molar refractivity (Wildman–Crippen MR) is 78.5 cm³/mol. The molecule has 0 saturated heterocycles. The summed E-state index contributed by atoms with van der Waals surface area (Å²) in [7, 11) is 0. The van der Waals surface area contributed by atoms with Gasteiger partial charge in [-0.25, -0.2) is 5.43 Å². The topological polar surface area (TPSA) is 51.2 Å². The Kier molecular flexibility index (Phi) is 4.69. The lowest BCUT2D eigenvalue weighted by Gasteiger charge is -2.15. The van der Waals surface area contributed by atoms with E-state index in [1.165, 1.54) is 6.42 Å². The second-order valence-electron chi connectivity index (χ2n) is 4.46. The van der Waals surface area contributed by atoms with Crippen LogP contribution in [0.1, 0.15) is 32.1 Å². The van der Waals surface area contributed by atoms with Crippen LogP contribution in [0.3, 0.4) is 0 Å². The van der Waals surface area contributed by atoms with Crippen molar-refractivity contribution in [2.75, 3.05) is 5.75 Å². The van der Waals surface area contributed by atoms with E-state index in [1.54, 1.807) is 0 Å². The van der Waals surface area contributed by atoms with Gasteiger partial charge in [0.2, 0.25) is 0 Å². The summed E-state index contributed by atoms with van der Waals surface area (Å²) in [4.78, 5) is 0. The fourth-order valence-corrected chi connectivity index (χ4v) is 2.78. The molecule has 2 rings (SSSR count). The third-order valence-electron chi connectivity index (χ3n) is 3.11. The van der Waals surface area contributed by atoms with Gasteiger partial charge in [0, 0.05) is 16.4 Å². The van der Waals surface area contributed by atoms with Crippen molar-refractivity contribution in [3.8, 4) is 0 Å². The van der Waals surface area contributed by atoms with E-state index in [-0.39, 0.29) is 6.04 Å². The first kappa shape index (κ1) is 13.5. The smallest absolute Gasteiger partial charge is 0.134 e. The Balaban J connectivity index is 2.11. The molecule has 1 aromatic carbocycles. The summed E-state index contributed by atoms with van der Waals surface area (Å²) in [5.74, 6) is 7.46. The van der Waals surface area contributed by atoms with Gasteiger partial charge in [0.15, 0.2) is 0 Å². The minimum atomic E-state index is 0.0661. The van der Waals surface area contributed by atoms with Gasteiger partial charge < -0.3 is 4.42 Å². The molecule has 2 unspecified atom stereocenters. The number of nitrogens with one attached hydrogen (secondary N) is 1. The highest BCUT2D eigenvalue weighted by Crippen LogP contribution is 2.27. The Hall–Kier alpha value is -0.970. The molecule has 0 aliphatic rings. The van der Waals surface area contributed by atoms with Crippen LogP contribution in [0, 0.1) is 0 Å². The van der Waals surface area contributed by atoms with Crippen molar-refractivity contribution < 1.29 is 4.42 Å². The van der Waals surface area contributed by atoms with E-state index in [1.807, 2.05) is 30.0 Å². The molecule has 18 heavy (non-hydrogen) atoms. The average molecular weight is 264 g/mol. The molecule has 98 valence electrons. The van der Waals surface area contributed by atoms with E-state index in [9.17, 15) is 0 Å². The maximum atomic E-state index is 5.83. The van der Waals surface area contributed by atoms with Crippen LogP contribution in [0.4, 0.5) is 0 Å². The van der Waals surface area contributed by atoms with Gasteiger partial charge in [-0.1, -0.05) is 32.0 Å². The zero-order valence-corrected chi connectivity index (χ0v) is 11.7. The number of furan rings is 1. The van der Waals surface area contributed by atoms with Gasteiger partial charge in [0.1, 0.15) is 11.3 Å². The highest BCUT2D eigenvalue weighted by Gasteiger charge is 2.16. The summed E-state index contributed by atoms with van der Waals surface area (Å²) in [6, 6.07) is 10.2. The van der Waals surface area contributed by atoms with Crippen LogP contribution in [0.2, 0.25) is 0 Å². The van der Waals surface area contributed by atoms with Gasteiger partial charge in [-0.3, -0.25) is 5.84 Å². The van der Waals surface area contributed by atoms with Crippen LogP contribution in [0.5, 0.6) is 0 Å². The largest absolute Gasteiger partial charge is 0.459 e. The van der Waals surface area contributed by atoms with Crippen LogP contribution in [-0.4, -0.2) is 11.0 Å². The highest BCUT2D eigenvalue weighted by molar-refractivity contribution is 7.99. The third kappa shape index (κ3) is 3.07. The van der Waals surface area contributed by atoms with Crippen LogP contribution in [-0.2, 0) is 0 Å². The lowest BCUT2D eigenvalue weighted by Crippen LogP contribution is -2.29. The van der Waals surface area contributed by atoms with Crippen molar-refractivity contribution in [3.05, 3.63) is 36.1 Å². The number of hydrazine groups is 1. The van der Waals surface area contributed by atoms with Crippen molar-refractivity contribution in [1.82, 2.24) is 5.43 Å². The fraction of sp³-hybridized carbons (Fsp3) is 0.429. The number of benzene rings is 1. The minimum absolute atomic E-state index is 0.0661. The van der Waals surface area contributed by atoms with Gasteiger partial charge >= 0.3 is 0 Å². The molecule has 0 saturated carbocycles. The molecule has 0 spiro atoms. The SMILES string of the molecule is CCC(C)SCC(NN)c1cc2ccccc2o1. The average Bonchev–Trinajstić information content (AvgIpc) is 2.82. The second-order valence-corrected chi connectivity index (χ2v) is 5.93. The Morgan fingerprint density at radius 3 is 2.83 bits per heavy atom. The molecule has 0 bridgehead atoms. The molecule has 0 aliphatic carbocycles. The van der Waals surface area contributed by atoms with Crippen LogP contribution < -0.4 is 11.3 Å². The van der Waals surface area contributed by atoms with Gasteiger partial charge in [0.05, 0.1) is 6.04 Å². The van der Waals surface area contributed by atoms with Crippen molar-refractivity contribution in [3.63, 3.8) is 0 Å². The van der Waals surface area contributed by atoms with Crippen molar-refractivity contribution >= 4 is 22.7 Å². The Morgan fingerprint density at radius 1 is 1.39 bits per heavy atom. The van der Waals surface area contributed by atoms with Crippen LogP contribution >= 0.6 is 11.8 Å². The second kappa shape index (κ2) is 6.27. The maximum absolute atomic E-state index is 5.83. The summed E-state index contributed by atoms with van der Waals surface area (Å²) >= 11 is 1.91. The van der Waals surface area contributed by atoms with E-state index >= 15 is 0 Å². The monoisotopic (exact) mass is 264 g/mol. The van der Waals surface area contributed by atoms with Gasteiger partial charge in [-0.05, 0) is 18.6 Å². The van der Waals surface area contributed by atoms with Gasteiger partial charge in [-0.15, -0.1) is 0 Å². The molecule has 3 N–H and O–H groups in total. The molecule has 4 heteroatoms. The third-order valence-corrected chi connectivity index (χ3v) is 4.54. The van der Waals surface area contributed by atoms with Crippen LogP contribution in [0.25, 0.3) is 11.0 Å². The van der Waals surface area contributed by atoms with Crippen molar-refractivity contribution in [2.24, 2.45) is 5.84 Å². The fourth-order valence-electron chi connectivity index (χ4n) is 1.76. The molecule has 2 atom stereocenters. The number of nitrogens with two attached hydrogens (primary N) is 1. The summed E-state index contributed by atoms with van der Waals surface area (Å²) in [6.45, 7) is 4.43. The zero-order valence-electron chi connectivity index (χ0n) is 10.8. The number of rotatable bonds is 6. The van der Waals surface area contributed by atoms with Gasteiger partial charge in [-0.2, -0.15) is 11.8 Å². The van der Waals surface area contributed by atoms with E-state index in [2.05, 4.69) is 31.4 Å². The van der Waals surface area contributed by atoms with E-state index < -0.39 is 0 Å². The Labute approximate surface area is 112 Å². The molecule has 1 aromatic heterocycles. The molecular weight excluding hydrogens is 244 g/mol. The molecule has 2 aromatic rings. The molecular formula is C14H20N2OS. The molecule has 0 radical (unpaired) electrons. The quantitative estimate of drug-likeness (QED) is 0.619. The summed E-state index contributed by atoms with van der Waals surface area (Å²) in [5.41, 5.74) is 3.76. The van der Waals surface area contributed by atoms with Crippen LogP contribution in [0.15, 0.2) is 34.7 Å². The van der Waals surface area contributed by atoms with E-state index in [0.717, 1.165) is 22.5 Å². The summed E-state index contributed by atoms with van der Waals surface area (Å²) in [5, 5.41) is 1.77. The van der Waals surface area contributed by atoms with E-state index in [4.69, 9.17) is 10.3 Å². The Bertz CT molecular complexity index is 464. The number of hydrogen-bond donors (Lipinski definition) is 2. The normalized spacial score (nSPS) is 14.8. The summed E-state index contributed by atoms with van der Waals surface area (Å²) < 4.78 is 5.83. The first-order valence-electron chi connectivity index (χ1n) is 6.30. The maximum Gasteiger partial charge on any atom is 0.134 e. The number of fused-ring (bicyclic) bond motifs is 1. The lowest BCUT2D eigenvalue weighted by atomic mass is 10.2. The lowest BCUT2D eigenvalue weighted by molar-refractivity contribution is 0.463. The molecule has 0 aliphatic heterocycles. The number of para-hydroxylation sites is 1. The van der Waals surface area contributed by atoms with Crippen molar-refractivity contribution in [1.29, 1.82) is 0 Å². The Morgan fingerprint density at radius 2 is 2.17 bits per heavy atom. The summed E-state index contributed by atoms with van der Waals surface area (Å²) in [6.07, 6.45) is 1.17. The highest BCUT2D eigenvalue weighted by atomic mass is 32.2. The molecule has 0 fully saturated rings. The van der Waals surface area contributed by atoms with E-state index in [0.29, 0.717) is 5.25 Å². The predicted octanol–water partition coefficient (Wildman–Crippen LogP) is 3.47. The zero-order chi connectivity index (χ0) is 13.0. The molecule has 0 amide bonds. The standard InChI is InChI=1S/C14H20N2OS/c1-3-10(2)18-9-12(16-15)14-8-11-6-4-5-7-13(11)17-14/h4-8,10,12,16H,3,9,15H2,1-2H3. The number of hydrogen-bond acceptors (Lipinski definition) is 4. The number of thioether (sulfide) groups is 1. The molecule has 1 heterocycles. The van der Waals surface area contributed by atoms with Gasteiger partial charge in [0.25, 0.3) is 0 Å². The molecule has 3 nitrogen and oxygen atoms in total.